The smallest absolute Gasteiger partial charge is 0.191 e. The molecule has 0 spiro atoms. The molecule has 0 radical (unpaired) electrons. The van der Waals surface area contributed by atoms with Gasteiger partial charge >= 0.3 is 0 Å². The Balaban J connectivity index is 1.48. The number of hydrogen-bond donors (Lipinski definition) is 2. The molecule has 3 rings (SSSR count). The van der Waals surface area contributed by atoms with Crippen LogP contribution in [-0.4, -0.2) is 31.1 Å². The van der Waals surface area contributed by atoms with E-state index in [2.05, 4.69) is 68.8 Å². The molecule has 1 aromatic heterocycles. The fourth-order valence-electron chi connectivity index (χ4n) is 3.31. The molecule has 1 aliphatic rings. The van der Waals surface area contributed by atoms with E-state index in [9.17, 15) is 0 Å². The number of hydrogen-bond acceptors (Lipinski definition) is 3. The summed E-state index contributed by atoms with van der Waals surface area (Å²) in [4.78, 5) is 11.4. The van der Waals surface area contributed by atoms with Gasteiger partial charge in [0.15, 0.2) is 5.96 Å². The Morgan fingerprint density at radius 1 is 0.926 bits per heavy atom. The van der Waals surface area contributed by atoms with Crippen molar-refractivity contribution in [3.63, 3.8) is 0 Å². The molecule has 0 saturated carbocycles. The first-order valence-corrected chi connectivity index (χ1v) is 9.94. The second kappa shape index (κ2) is 9.95. The third-order valence-corrected chi connectivity index (χ3v) is 5.00. The molecule has 5 nitrogen and oxygen atoms in total. The molecule has 0 atom stereocenters. The lowest BCUT2D eigenvalue weighted by atomic mass is 10.1. The lowest BCUT2D eigenvalue weighted by molar-refractivity contribution is 0.726. The standard InChI is InChI=1S/C22H31N5/c1-18-7-9-19(10-8-18)15-25-22(23-2)26-17-20-11-12-21(24-16-20)27-13-5-3-4-6-14-27/h7-12,16H,3-6,13-15,17H2,1-2H3,(H2,23,25,26). The van der Waals surface area contributed by atoms with Crippen molar-refractivity contribution >= 4 is 11.8 Å². The highest BCUT2D eigenvalue weighted by atomic mass is 15.2. The maximum atomic E-state index is 4.68. The lowest BCUT2D eigenvalue weighted by Crippen LogP contribution is -2.36. The monoisotopic (exact) mass is 365 g/mol. The van der Waals surface area contributed by atoms with Gasteiger partial charge in [0.05, 0.1) is 0 Å². The average Bonchev–Trinajstić information content (AvgIpc) is 2.99. The fraction of sp³-hybridized carbons (Fsp3) is 0.455. The Morgan fingerprint density at radius 2 is 1.56 bits per heavy atom. The number of aryl methyl sites for hydroxylation is 1. The van der Waals surface area contributed by atoms with E-state index in [-0.39, 0.29) is 0 Å². The van der Waals surface area contributed by atoms with Crippen LogP contribution in [0.15, 0.2) is 47.6 Å². The number of aromatic nitrogens is 1. The SMILES string of the molecule is CN=C(NCc1ccc(C)cc1)NCc1ccc(N2CCCCCC2)nc1. The fourth-order valence-corrected chi connectivity index (χ4v) is 3.31. The zero-order chi connectivity index (χ0) is 18.9. The van der Waals surface area contributed by atoms with Crippen molar-refractivity contribution in [1.82, 2.24) is 15.6 Å². The van der Waals surface area contributed by atoms with Gasteiger partial charge in [0, 0.05) is 39.4 Å². The molecular formula is C22H31N5. The number of aliphatic imine (C=N–C) groups is 1. The molecule has 2 heterocycles. The van der Waals surface area contributed by atoms with E-state index >= 15 is 0 Å². The third kappa shape index (κ3) is 5.98. The summed E-state index contributed by atoms with van der Waals surface area (Å²) < 4.78 is 0. The van der Waals surface area contributed by atoms with Crippen LogP contribution in [0.25, 0.3) is 0 Å². The zero-order valence-electron chi connectivity index (χ0n) is 16.5. The van der Waals surface area contributed by atoms with Crippen LogP contribution >= 0.6 is 0 Å². The number of pyridine rings is 1. The van der Waals surface area contributed by atoms with Crippen LogP contribution in [0.5, 0.6) is 0 Å². The molecule has 0 aliphatic carbocycles. The minimum atomic E-state index is 0.709. The first-order chi connectivity index (χ1) is 13.2. The van der Waals surface area contributed by atoms with Gasteiger partial charge in [0.1, 0.15) is 5.82 Å². The van der Waals surface area contributed by atoms with Crippen molar-refractivity contribution in [3.05, 3.63) is 59.3 Å². The number of guanidine groups is 1. The molecule has 1 fully saturated rings. The largest absolute Gasteiger partial charge is 0.357 e. The van der Waals surface area contributed by atoms with Crippen molar-refractivity contribution < 1.29 is 0 Å². The molecule has 1 saturated heterocycles. The highest BCUT2D eigenvalue weighted by Crippen LogP contribution is 2.17. The number of rotatable bonds is 5. The Morgan fingerprint density at radius 3 is 2.15 bits per heavy atom. The molecule has 1 aromatic carbocycles. The van der Waals surface area contributed by atoms with Gasteiger partial charge < -0.3 is 15.5 Å². The van der Waals surface area contributed by atoms with E-state index in [1.54, 1.807) is 7.05 Å². The Bertz CT molecular complexity index is 713. The summed E-state index contributed by atoms with van der Waals surface area (Å²) in [5.41, 5.74) is 3.68. The maximum absolute atomic E-state index is 4.68. The van der Waals surface area contributed by atoms with E-state index in [0.29, 0.717) is 6.54 Å². The average molecular weight is 366 g/mol. The Hall–Kier alpha value is -2.56. The number of benzene rings is 1. The van der Waals surface area contributed by atoms with Gasteiger partial charge in [-0.05, 0) is 37.0 Å². The quantitative estimate of drug-likeness (QED) is 0.627. The molecule has 144 valence electrons. The number of nitrogens with one attached hydrogen (secondary N) is 2. The summed E-state index contributed by atoms with van der Waals surface area (Å²) in [6, 6.07) is 12.8. The summed E-state index contributed by atoms with van der Waals surface area (Å²) in [5.74, 6) is 1.90. The molecular weight excluding hydrogens is 334 g/mol. The summed E-state index contributed by atoms with van der Waals surface area (Å²) in [6.07, 6.45) is 7.20. The maximum Gasteiger partial charge on any atom is 0.191 e. The lowest BCUT2D eigenvalue weighted by Gasteiger charge is -2.21. The van der Waals surface area contributed by atoms with Crippen LogP contribution in [0, 0.1) is 6.92 Å². The summed E-state index contributed by atoms with van der Waals surface area (Å²) in [7, 11) is 1.80. The van der Waals surface area contributed by atoms with Crippen LogP contribution in [0.3, 0.4) is 0 Å². The van der Waals surface area contributed by atoms with E-state index in [1.165, 1.54) is 36.8 Å². The van der Waals surface area contributed by atoms with Crippen molar-refractivity contribution in [2.24, 2.45) is 4.99 Å². The highest BCUT2D eigenvalue weighted by molar-refractivity contribution is 5.79. The normalized spacial score (nSPS) is 15.3. The summed E-state index contributed by atoms with van der Waals surface area (Å²) >= 11 is 0. The minimum absolute atomic E-state index is 0.709. The molecule has 2 N–H and O–H groups in total. The second-order valence-corrected chi connectivity index (χ2v) is 7.19. The topological polar surface area (TPSA) is 52.6 Å². The van der Waals surface area contributed by atoms with Crippen LogP contribution in [0.4, 0.5) is 5.82 Å². The van der Waals surface area contributed by atoms with Crippen LogP contribution in [-0.2, 0) is 13.1 Å². The summed E-state index contributed by atoms with van der Waals surface area (Å²) in [6.45, 7) is 5.82. The van der Waals surface area contributed by atoms with E-state index in [1.807, 2.05) is 6.20 Å². The number of anilines is 1. The molecule has 2 aromatic rings. The molecule has 0 bridgehead atoms. The van der Waals surface area contributed by atoms with Crippen molar-refractivity contribution in [2.75, 3.05) is 25.0 Å². The van der Waals surface area contributed by atoms with Gasteiger partial charge in [-0.2, -0.15) is 0 Å². The van der Waals surface area contributed by atoms with Crippen LogP contribution in [0.2, 0.25) is 0 Å². The van der Waals surface area contributed by atoms with Gasteiger partial charge in [0.25, 0.3) is 0 Å². The van der Waals surface area contributed by atoms with E-state index in [0.717, 1.165) is 37.0 Å². The van der Waals surface area contributed by atoms with Crippen LogP contribution in [0.1, 0.15) is 42.4 Å². The number of nitrogens with zero attached hydrogens (tertiary/aromatic N) is 3. The molecule has 27 heavy (non-hydrogen) atoms. The third-order valence-electron chi connectivity index (χ3n) is 5.00. The van der Waals surface area contributed by atoms with Crippen molar-refractivity contribution in [2.45, 2.75) is 45.7 Å². The molecule has 0 unspecified atom stereocenters. The first kappa shape index (κ1) is 19.2. The second-order valence-electron chi connectivity index (χ2n) is 7.19. The first-order valence-electron chi connectivity index (χ1n) is 9.94. The Labute approximate surface area is 162 Å². The molecule has 1 aliphatic heterocycles. The van der Waals surface area contributed by atoms with Crippen molar-refractivity contribution in [3.8, 4) is 0 Å². The zero-order valence-corrected chi connectivity index (χ0v) is 16.5. The van der Waals surface area contributed by atoms with Crippen LogP contribution < -0.4 is 15.5 Å². The predicted molar refractivity (Wildman–Crippen MR) is 113 cm³/mol. The van der Waals surface area contributed by atoms with Gasteiger partial charge in [-0.25, -0.2) is 4.98 Å². The van der Waals surface area contributed by atoms with Gasteiger partial charge in [-0.1, -0.05) is 48.7 Å². The van der Waals surface area contributed by atoms with Gasteiger partial charge in [0.2, 0.25) is 0 Å². The van der Waals surface area contributed by atoms with E-state index < -0.39 is 0 Å². The van der Waals surface area contributed by atoms with E-state index in [4.69, 9.17) is 0 Å². The summed E-state index contributed by atoms with van der Waals surface area (Å²) in [5, 5.41) is 6.72. The Kier molecular flexibility index (Phi) is 7.08. The predicted octanol–water partition coefficient (Wildman–Crippen LogP) is 3.64. The molecule has 5 heteroatoms. The highest BCUT2D eigenvalue weighted by Gasteiger charge is 2.10. The van der Waals surface area contributed by atoms with Gasteiger partial charge in [-0.15, -0.1) is 0 Å². The van der Waals surface area contributed by atoms with Crippen molar-refractivity contribution in [1.29, 1.82) is 0 Å². The molecule has 0 amide bonds. The van der Waals surface area contributed by atoms with Gasteiger partial charge in [-0.3, -0.25) is 4.99 Å². The minimum Gasteiger partial charge on any atom is -0.357 e.